The van der Waals surface area contributed by atoms with Crippen LogP contribution in [0.25, 0.3) is 16.9 Å². The molecular formula is C20H21N7O2. The van der Waals surface area contributed by atoms with Crippen LogP contribution in [0.3, 0.4) is 0 Å². The molecule has 9 heteroatoms. The molecule has 1 amide bonds. The molecule has 0 bridgehead atoms. The van der Waals surface area contributed by atoms with Crippen LogP contribution in [0.15, 0.2) is 34.7 Å². The van der Waals surface area contributed by atoms with E-state index in [0.29, 0.717) is 31.4 Å². The minimum absolute atomic E-state index is 0.174. The molecule has 0 aliphatic carbocycles. The molecule has 148 valence electrons. The highest BCUT2D eigenvalue weighted by molar-refractivity contribution is 5.91. The maximum Gasteiger partial charge on any atom is 0.298 e. The van der Waals surface area contributed by atoms with Gasteiger partial charge in [0, 0.05) is 37.6 Å². The molecule has 3 aromatic heterocycles. The molecule has 0 radical (unpaired) electrons. The summed E-state index contributed by atoms with van der Waals surface area (Å²) in [6.07, 6.45) is 0.814. The van der Waals surface area contributed by atoms with Crippen LogP contribution in [-0.2, 0) is 0 Å². The number of aromatic nitrogens is 5. The monoisotopic (exact) mass is 391 g/mol. The molecule has 5 rings (SSSR count). The lowest BCUT2D eigenvalue weighted by atomic mass is 10.3. The van der Waals surface area contributed by atoms with Gasteiger partial charge in [0.2, 0.25) is 5.82 Å². The number of anilines is 1. The van der Waals surface area contributed by atoms with E-state index in [1.165, 1.54) is 0 Å². The Hall–Kier alpha value is -3.49. The fraction of sp³-hybridized carbons (Fsp3) is 0.350. The van der Waals surface area contributed by atoms with Gasteiger partial charge in [-0.2, -0.15) is 9.97 Å². The first kappa shape index (κ1) is 17.6. The lowest BCUT2D eigenvalue weighted by Crippen LogP contribution is -2.35. The van der Waals surface area contributed by atoms with Gasteiger partial charge in [-0.3, -0.25) is 4.79 Å². The number of aryl methyl sites for hydroxylation is 2. The van der Waals surface area contributed by atoms with Gasteiger partial charge >= 0.3 is 0 Å². The molecule has 1 aliphatic heterocycles. The van der Waals surface area contributed by atoms with Crippen molar-refractivity contribution in [1.29, 1.82) is 0 Å². The molecule has 1 fully saturated rings. The van der Waals surface area contributed by atoms with Crippen LogP contribution in [0.5, 0.6) is 0 Å². The topological polar surface area (TPSA) is 92.7 Å². The molecular weight excluding hydrogens is 370 g/mol. The fourth-order valence-electron chi connectivity index (χ4n) is 3.71. The van der Waals surface area contributed by atoms with Crippen LogP contribution >= 0.6 is 0 Å². The van der Waals surface area contributed by atoms with E-state index in [-0.39, 0.29) is 11.7 Å². The smallest absolute Gasteiger partial charge is 0.298 e. The molecule has 29 heavy (non-hydrogen) atoms. The van der Waals surface area contributed by atoms with Crippen molar-refractivity contribution < 1.29 is 9.21 Å². The maximum absolute atomic E-state index is 13.0. The van der Waals surface area contributed by atoms with E-state index in [4.69, 9.17) is 4.42 Å². The van der Waals surface area contributed by atoms with E-state index in [1.54, 1.807) is 9.42 Å². The van der Waals surface area contributed by atoms with Crippen molar-refractivity contribution in [2.45, 2.75) is 20.3 Å². The average Bonchev–Trinajstić information content (AvgIpc) is 3.24. The van der Waals surface area contributed by atoms with Crippen LogP contribution in [0.1, 0.15) is 28.4 Å². The van der Waals surface area contributed by atoms with Gasteiger partial charge in [0.05, 0.1) is 0 Å². The summed E-state index contributed by atoms with van der Waals surface area (Å²) in [7, 11) is 0. The highest BCUT2D eigenvalue weighted by atomic mass is 16.4. The Kier molecular flexibility index (Phi) is 4.15. The molecule has 1 saturated heterocycles. The quantitative estimate of drug-likeness (QED) is 0.517. The van der Waals surface area contributed by atoms with Crippen molar-refractivity contribution in [2.24, 2.45) is 0 Å². The van der Waals surface area contributed by atoms with Crippen LogP contribution in [-0.4, -0.2) is 61.6 Å². The van der Waals surface area contributed by atoms with Gasteiger partial charge in [0.15, 0.2) is 5.58 Å². The summed E-state index contributed by atoms with van der Waals surface area (Å²) in [5.74, 6) is 0.460. The van der Waals surface area contributed by atoms with E-state index in [0.717, 1.165) is 35.5 Å². The number of fused-ring (bicyclic) bond motifs is 2. The van der Waals surface area contributed by atoms with Gasteiger partial charge < -0.3 is 14.2 Å². The number of nitrogens with zero attached hydrogens (tertiary/aromatic N) is 7. The molecule has 0 spiro atoms. The summed E-state index contributed by atoms with van der Waals surface area (Å²) in [5, 5.41) is 4.37. The second-order valence-corrected chi connectivity index (χ2v) is 7.28. The van der Waals surface area contributed by atoms with Gasteiger partial charge in [0.1, 0.15) is 5.52 Å². The standard InChI is InChI=1S/C20H21N7O2/c1-13-12-14(2)27-19(21-13)23-17(24-27)18(28)25-8-5-9-26(11-10-25)20-22-15-6-3-4-7-16(15)29-20/h3-4,6-7,12H,5,8-11H2,1-2H3. The summed E-state index contributed by atoms with van der Waals surface area (Å²) < 4.78 is 7.50. The molecule has 4 aromatic rings. The molecule has 0 N–H and O–H groups in total. The summed E-state index contributed by atoms with van der Waals surface area (Å²) in [6, 6.07) is 10.2. The predicted octanol–water partition coefficient (Wildman–Crippen LogP) is 2.23. The van der Waals surface area contributed by atoms with Crippen LogP contribution in [0, 0.1) is 13.8 Å². The van der Waals surface area contributed by atoms with Crippen molar-refractivity contribution in [2.75, 3.05) is 31.1 Å². The lowest BCUT2D eigenvalue weighted by Gasteiger charge is -2.19. The van der Waals surface area contributed by atoms with E-state index >= 15 is 0 Å². The molecule has 0 unspecified atom stereocenters. The number of para-hydroxylation sites is 2. The van der Waals surface area contributed by atoms with Crippen LogP contribution in [0.4, 0.5) is 6.01 Å². The van der Waals surface area contributed by atoms with Gasteiger partial charge in [0.25, 0.3) is 17.7 Å². The van der Waals surface area contributed by atoms with Gasteiger partial charge in [-0.25, -0.2) is 9.50 Å². The third-order valence-corrected chi connectivity index (χ3v) is 5.15. The Balaban J connectivity index is 1.35. The predicted molar refractivity (Wildman–Crippen MR) is 107 cm³/mol. The zero-order valence-electron chi connectivity index (χ0n) is 16.4. The SMILES string of the molecule is Cc1cc(C)n2nc(C(=O)N3CCCN(c4nc5ccccc5o4)CC3)nc2n1. The third-order valence-electron chi connectivity index (χ3n) is 5.15. The highest BCUT2D eigenvalue weighted by Crippen LogP contribution is 2.22. The number of benzene rings is 1. The first-order chi connectivity index (χ1) is 14.1. The Morgan fingerprint density at radius 3 is 2.76 bits per heavy atom. The minimum Gasteiger partial charge on any atom is -0.423 e. The molecule has 4 heterocycles. The Morgan fingerprint density at radius 1 is 1.03 bits per heavy atom. The number of rotatable bonds is 2. The largest absolute Gasteiger partial charge is 0.423 e. The second kappa shape index (κ2) is 6.84. The normalized spacial score (nSPS) is 15.2. The van der Waals surface area contributed by atoms with Gasteiger partial charge in [-0.05, 0) is 38.5 Å². The summed E-state index contributed by atoms with van der Waals surface area (Å²) in [5.41, 5.74) is 3.36. The van der Waals surface area contributed by atoms with Crippen molar-refractivity contribution in [3.8, 4) is 0 Å². The number of carbonyl (C=O) groups excluding carboxylic acids is 1. The molecule has 1 aliphatic rings. The Morgan fingerprint density at radius 2 is 1.90 bits per heavy atom. The molecule has 0 atom stereocenters. The maximum atomic E-state index is 13.0. The summed E-state index contributed by atoms with van der Waals surface area (Å²) in [6.45, 7) is 6.43. The zero-order chi connectivity index (χ0) is 20.0. The average molecular weight is 391 g/mol. The Bertz CT molecular complexity index is 1180. The van der Waals surface area contributed by atoms with Crippen molar-refractivity contribution in [3.05, 3.63) is 47.5 Å². The number of hydrogen-bond donors (Lipinski definition) is 0. The molecule has 9 nitrogen and oxygen atoms in total. The minimum atomic E-state index is -0.174. The fourth-order valence-corrected chi connectivity index (χ4v) is 3.71. The van der Waals surface area contributed by atoms with Gasteiger partial charge in [-0.1, -0.05) is 12.1 Å². The number of carbonyl (C=O) groups is 1. The van der Waals surface area contributed by atoms with Crippen LogP contribution < -0.4 is 4.90 Å². The van der Waals surface area contributed by atoms with Crippen molar-refractivity contribution in [3.63, 3.8) is 0 Å². The third kappa shape index (κ3) is 3.18. The van der Waals surface area contributed by atoms with E-state index in [9.17, 15) is 4.79 Å². The van der Waals surface area contributed by atoms with Crippen LogP contribution in [0.2, 0.25) is 0 Å². The van der Waals surface area contributed by atoms with E-state index in [1.807, 2.05) is 44.2 Å². The summed E-state index contributed by atoms with van der Waals surface area (Å²) in [4.78, 5) is 30.2. The second-order valence-electron chi connectivity index (χ2n) is 7.28. The Labute approximate surface area is 167 Å². The molecule has 0 saturated carbocycles. The van der Waals surface area contributed by atoms with Crippen molar-refractivity contribution in [1.82, 2.24) is 29.5 Å². The number of amides is 1. The van der Waals surface area contributed by atoms with E-state index < -0.39 is 0 Å². The number of oxazole rings is 1. The van der Waals surface area contributed by atoms with Crippen molar-refractivity contribution >= 4 is 28.8 Å². The first-order valence-electron chi connectivity index (χ1n) is 9.69. The lowest BCUT2D eigenvalue weighted by molar-refractivity contribution is 0.0755. The molecule has 1 aromatic carbocycles. The summed E-state index contributed by atoms with van der Waals surface area (Å²) >= 11 is 0. The zero-order valence-corrected chi connectivity index (χ0v) is 16.4. The first-order valence-corrected chi connectivity index (χ1v) is 9.69. The highest BCUT2D eigenvalue weighted by Gasteiger charge is 2.25. The number of hydrogen-bond acceptors (Lipinski definition) is 7. The van der Waals surface area contributed by atoms with Gasteiger partial charge in [-0.15, -0.1) is 5.10 Å². The van der Waals surface area contributed by atoms with E-state index in [2.05, 4.69) is 25.0 Å².